The first-order chi connectivity index (χ1) is 13.3. The van der Waals surface area contributed by atoms with Gasteiger partial charge in [0.05, 0.1) is 6.10 Å². The molecule has 1 aromatic carbocycles. The predicted molar refractivity (Wildman–Crippen MR) is 95.4 cm³/mol. The highest BCUT2D eigenvalue weighted by molar-refractivity contribution is 5.76. The molecule has 1 saturated heterocycles. The van der Waals surface area contributed by atoms with Crippen LogP contribution in [0.5, 0.6) is 11.5 Å². The molecule has 2 aliphatic heterocycles. The Morgan fingerprint density at radius 3 is 3.00 bits per heavy atom. The number of fused-ring (bicyclic) bond motifs is 1. The molecule has 0 aliphatic carbocycles. The molecule has 1 amide bonds. The van der Waals surface area contributed by atoms with Crippen LogP contribution in [0.15, 0.2) is 22.6 Å². The molecule has 2 aromatic rings. The van der Waals surface area contributed by atoms with Crippen molar-refractivity contribution in [3.63, 3.8) is 0 Å². The van der Waals surface area contributed by atoms with Crippen molar-refractivity contribution in [1.82, 2.24) is 15.5 Å². The largest absolute Gasteiger partial charge is 0.454 e. The van der Waals surface area contributed by atoms with Crippen LogP contribution in [0.3, 0.4) is 0 Å². The molecule has 2 aliphatic rings. The van der Waals surface area contributed by atoms with E-state index in [9.17, 15) is 4.79 Å². The number of carbonyl (C=O) groups is 1. The number of aromatic nitrogens is 2. The molecule has 0 spiro atoms. The van der Waals surface area contributed by atoms with Gasteiger partial charge >= 0.3 is 0 Å². The van der Waals surface area contributed by atoms with Gasteiger partial charge in [0.2, 0.25) is 24.5 Å². The van der Waals surface area contributed by atoms with Gasteiger partial charge in [-0.3, -0.25) is 4.79 Å². The summed E-state index contributed by atoms with van der Waals surface area (Å²) in [5, 5.41) is 11.0. The average molecular weight is 373 g/mol. The van der Waals surface area contributed by atoms with Crippen molar-refractivity contribution in [2.24, 2.45) is 0 Å². The Bertz CT molecular complexity index is 785. The van der Waals surface area contributed by atoms with Gasteiger partial charge in [-0.1, -0.05) is 0 Å². The van der Waals surface area contributed by atoms with E-state index in [0.29, 0.717) is 42.7 Å². The Labute approximate surface area is 157 Å². The highest BCUT2D eigenvalue weighted by atomic mass is 16.7. The number of amides is 1. The van der Waals surface area contributed by atoms with E-state index in [2.05, 4.69) is 15.5 Å². The molecule has 1 atom stereocenters. The Balaban J connectivity index is 1.23. The van der Waals surface area contributed by atoms with Gasteiger partial charge in [0.25, 0.3) is 0 Å². The highest BCUT2D eigenvalue weighted by Gasteiger charge is 2.17. The summed E-state index contributed by atoms with van der Waals surface area (Å²) in [6.45, 7) is 1.69. The van der Waals surface area contributed by atoms with E-state index in [1.165, 1.54) is 6.42 Å². The van der Waals surface area contributed by atoms with Gasteiger partial charge in [-0.2, -0.15) is 0 Å². The fourth-order valence-corrected chi connectivity index (χ4v) is 3.22. The summed E-state index contributed by atoms with van der Waals surface area (Å²) < 4.78 is 22.0. The maximum Gasteiger partial charge on any atom is 0.247 e. The summed E-state index contributed by atoms with van der Waals surface area (Å²) in [6.07, 6.45) is 5.29. The fraction of sp³-hybridized carbons (Fsp3) is 0.526. The van der Waals surface area contributed by atoms with Crippen LogP contribution in [0.4, 0.5) is 0 Å². The third-order valence-corrected chi connectivity index (χ3v) is 4.71. The number of ether oxygens (including phenoxy) is 3. The van der Waals surface area contributed by atoms with E-state index in [-0.39, 0.29) is 18.8 Å². The van der Waals surface area contributed by atoms with Gasteiger partial charge in [0.1, 0.15) is 0 Å². The Kier molecular flexibility index (Phi) is 5.53. The fourth-order valence-electron chi connectivity index (χ4n) is 3.22. The molecule has 1 N–H and O–H groups in total. The zero-order valence-corrected chi connectivity index (χ0v) is 15.1. The smallest absolute Gasteiger partial charge is 0.247 e. The third kappa shape index (κ3) is 4.57. The van der Waals surface area contributed by atoms with Crippen molar-refractivity contribution in [1.29, 1.82) is 0 Å². The zero-order valence-electron chi connectivity index (χ0n) is 15.1. The second-order valence-corrected chi connectivity index (χ2v) is 6.70. The summed E-state index contributed by atoms with van der Waals surface area (Å²) in [6, 6.07) is 5.45. The van der Waals surface area contributed by atoms with Crippen molar-refractivity contribution in [2.45, 2.75) is 44.6 Å². The van der Waals surface area contributed by atoms with Crippen molar-refractivity contribution in [2.75, 3.05) is 19.9 Å². The normalized spacial score (nSPS) is 18.4. The number of carbonyl (C=O) groups excluding carboxylic acids is 1. The molecule has 1 aromatic heterocycles. The van der Waals surface area contributed by atoms with Crippen molar-refractivity contribution in [3.8, 4) is 23.0 Å². The topological polar surface area (TPSA) is 95.7 Å². The number of aryl methyl sites for hydroxylation is 1. The molecule has 1 unspecified atom stereocenters. The Morgan fingerprint density at radius 1 is 1.19 bits per heavy atom. The first-order valence-electron chi connectivity index (χ1n) is 9.38. The molecule has 0 radical (unpaired) electrons. The summed E-state index contributed by atoms with van der Waals surface area (Å²) in [5.74, 6) is 2.18. The van der Waals surface area contributed by atoms with Crippen LogP contribution in [-0.4, -0.2) is 42.2 Å². The summed E-state index contributed by atoms with van der Waals surface area (Å²) in [5.41, 5.74) is 0.759. The van der Waals surface area contributed by atoms with Crippen molar-refractivity contribution < 1.29 is 23.4 Å². The Hall–Kier alpha value is -2.61. The lowest BCUT2D eigenvalue weighted by molar-refractivity contribution is -0.121. The van der Waals surface area contributed by atoms with Gasteiger partial charge in [0.15, 0.2) is 11.5 Å². The first kappa shape index (κ1) is 17.8. The van der Waals surface area contributed by atoms with Gasteiger partial charge in [0, 0.05) is 31.6 Å². The quantitative estimate of drug-likeness (QED) is 0.796. The number of hydrogen-bond acceptors (Lipinski definition) is 7. The van der Waals surface area contributed by atoms with E-state index in [1.807, 2.05) is 12.1 Å². The molecule has 144 valence electrons. The lowest BCUT2D eigenvalue weighted by Crippen LogP contribution is -2.29. The number of nitrogens with one attached hydrogen (secondary N) is 1. The summed E-state index contributed by atoms with van der Waals surface area (Å²) in [4.78, 5) is 12.0. The lowest BCUT2D eigenvalue weighted by Gasteiger charge is -2.22. The number of nitrogens with zero attached hydrogens (tertiary/aromatic N) is 2. The molecule has 8 heteroatoms. The maximum atomic E-state index is 12.0. The van der Waals surface area contributed by atoms with E-state index in [1.54, 1.807) is 6.07 Å². The maximum absolute atomic E-state index is 12.0. The van der Waals surface area contributed by atoms with Gasteiger partial charge in [-0.25, -0.2) is 0 Å². The molecule has 3 heterocycles. The zero-order chi connectivity index (χ0) is 18.5. The molecule has 0 saturated carbocycles. The minimum atomic E-state index is -0.0198. The van der Waals surface area contributed by atoms with Crippen LogP contribution in [-0.2, 0) is 16.0 Å². The number of benzene rings is 1. The van der Waals surface area contributed by atoms with Crippen LogP contribution in [0.1, 0.15) is 38.0 Å². The third-order valence-electron chi connectivity index (χ3n) is 4.71. The van der Waals surface area contributed by atoms with Crippen LogP contribution < -0.4 is 14.8 Å². The Morgan fingerprint density at radius 2 is 2.11 bits per heavy atom. The van der Waals surface area contributed by atoms with Crippen LogP contribution >= 0.6 is 0 Å². The second-order valence-electron chi connectivity index (χ2n) is 6.70. The van der Waals surface area contributed by atoms with Crippen molar-refractivity contribution in [3.05, 3.63) is 24.1 Å². The molecule has 27 heavy (non-hydrogen) atoms. The predicted octanol–water partition coefficient (Wildman–Crippen LogP) is 2.47. The van der Waals surface area contributed by atoms with Crippen LogP contribution in [0.25, 0.3) is 11.5 Å². The van der Waals surface area contributed by atoms with Gasteiger partial charge in [-0.15, -0.1) is 10.2 Å². The second kappa shape index (κ2) is 8.39. The SMILES string of the molecule is O=C(CCc1nnc(-c2ccc3c(c2)OCO3)o1)NCCC1CCCCO1. The molecular weight excluding hydrogens is 350 g/mol. The molecule has 0 bridgehead atoms. The van der Waals surface area contributed by atoms with Gasteiger partial charge in [-0.05, 0) is 43.9 Å². The standard InChI is InChI=1S/C19H23N3O5/c23-17(20-9-8-14-3-1-2-10-24-14)6-7-18-21-22-19(27-18)13-4-5-15-16(11-13)26-12-25-15/h4-5,11,14H,1-3,6-10,12H2,(H,20,23). The van der Waals surface area contributed by atoms with Crippen LogP contribution in [0, 0.1) is 0 Å². The molecular formula is C19H23N3O5. The minimum absolute atomic E-state index is 0.0198. The van der Waals surface area contributed by atoms with E-state index in [4.69, 9.17) is 18.6 Å². The minimum Gasteiger partial charge on any atom is -0.454 e. The van der Waals surface area contributed by atoms with Crippen LogP contribution in [0.2, 0.25) is 0 Å². The number of hydrogen-bond donors (Lipinski definition) is 1. The molecule has 8 nitrogen and oxygen atoms in total. The van der Waals surface area contributed by atoms with E-state index < -0.39 is 0 Å². The van der Waals surface area contributed by atoms with E-state index in [0.717, 1.165) is 31.4 Å². The monoisotopic (exact) mass is 373 g/mol. The lowest BCUT2D eigenvalue weighted by atomic mass is 10.1. The molecule has 4 rings (SSSR count). The van der Waals surface area contributed by atoms with Gasteiger partial charge < -0.3 is 23.9 Å². The van der Waals surface area contributed by atoms with Crippen molar-refractivity contribution >= 4 is 5.91 Å². The summed E-state index contributed by atoms with van der Waals surface area (Å²) >= 11 is 0. The van der Waals surface area contributed by atoms with E-state index >= 15 is 0 Å². The molecule has 1 fully saturated rings. The summed E-state index contributed by atoms with van der Waals surface area (Å²) in [7, 11) is 0. The highest BCUT2D eigenvalue weighted by Crippen LogP contribution is 2.35. The first-order valence-corrected chi connectivity index (χ1v) is 9.38. The average Bonchev–Trinajstić information content (AvgIpc) is 3.36. The number of rotatable bonds is 7.